The maximum absolute atomic E-state index is 13.1. The van der Waals surface area contributed by atoms with Crippen LogP contribution in [-0.4, -0.2) is 59.0 Å². The van der Waals surface area contributed by atoms with E-state index in [1.54, 1.807) is 12.0 Å². The van der Waals surface area contributed by atoms with Crippen molar-refractivity contribution < 1.29 is 14.3 Å². The van der Waals surface area contributed by atoms with Gasteiger partial charge >= 0.3 is 0 Å². The van der Waals surface area contributed by atoms with Gasteiger partial charge in [-0.3, -0.25) is 9.59 Å². The van der Waals surface area contributed by atoms with Gasteiger partial charge in [-0.05, 0) is 38.3 Å². The number of hydrogen-bond donors (Lipinski definition) is 0. The standard InChI is InChI=1S/C21H35N3O3/c1-5-17(2)24(21(26)18-9-6-7-10-18)16-20(25)23(13-14-27-4)15-19-11-8-12-22(19)3/h8,11-12,17-18H,5-7,9-10,13-16H2,1-4H3/t17-/m0/s1. The minimum atomic E-state index is -0.0140. The van der Waals surface area contributed by atoms with Gasteiger partial charge in [0, 0.05) is 44.6 Å². The molecule has 0 radical (unpaired) electrons. The summed E-state index contributed by atoms with van der Waals surface area (Å²) in [5, 5.41) is 0. The molecule has 1 heterocycles. The molecule has 2 amide bonds. The number of aryl methyl sites for hydroxylation is 1. The summed E-state index contributed by atoms with van der Waals surface area (Å²) >= 11 is 0. The molecular formula is C21H35N3O3. The van der Waals surface area contributed by atoms with Crippen molar-refractivity contribution in [3.05, 3.63) is 24.0 Å². The fourth-order valence-electron chi connectivity index (χ4n) is 3.67. The van der Waals surface area contributed by atoms with Gasteiger partial charge in [0.05, 0.1) is 13.2 Å². The van der Waals surface area contributed by atoms with E-state index in [9.17, 15) is 9.59 Å². The van der Waals surface area contributed by atoms with Gasteiger partial charge in [0.15, 0.2) is 0 Å². The third-order valence-corrected chi connectivity index (χ3v) is 5.74. The van der Waals surface area contributed by atoms with Crippen LogP contribution in [0, 0.1) is 5.92 Å². The summed E-state index contributed by atoms with van der Waals surface area (Å²) < 4.78 is 7.21. The Hall–Kier alpha value is -1.82. The Balaban J connectivity index is 2.10. The lowest BCUT2D eigenvalue weighted by molar-refractivity contribution is -0.145. The van der Waals surface area contributed by atoms with E-state index in [0.717, 1.165) is 37.8 Å². The van der Waals surface area contributed by atoms with Gasteiger partial charge in [-0.15, -0.1) is 0 Å². The smallest absolute Gasteiger partial charge is 0.242 e. The summed E-state index contributed by atoms with van der Waals surface area (Å²) in [6.07, 6.45) is 6.97. The molecule has 1 aromatic rings. The minimum Gasteiger partial charge on any atom is -0.383 e. The van der Waals surface area contributed by atoms with Gasteiger partial charge in [0.1, 0.15) is 6.54 Å². The normalized spacial score (nSPS) is 15.7. The van der Waals surface area contributed by atoms with Crippen LogP contribution < -0.4 is 0 Å². The predicted octanol–water partition coefficient (Wildman–Crippen LogP) is 2.82. The van der Waals surface area contributed by atoms with Crippen LogP contribution in [0.15, 0.2) is 18.3 Å². The van der Waals surface area contributed by atoms with Crippen molar-refractivity contribution in [2.24, 2.45) is 13.0 Å². The van der Waals surface area contributed by atoms with Crippen LogP contribution in [0.2, 0.25) is 0 Å². The molecule has 0 aromatic carbocycles. The van der Waals surface area contributed by atoms with E-state index in [2.05, 4.69) is 6.92 Å². The topological polar surface area (TPSA) is 54.8 Å². The Bertz CT molecular complexity index is 608. The van der Waals surface area contributed by atoms with Gasteiger partial charge in [0.25, 0.3) is 0 Å². The van der Waals surface area contributed by atoms with Gasteiger partial charge in [0.2, 0.25) is 11.8 Å². The highest BCUT2D eigenvalue weighted by Crippen LogP contribution is 2.27. The van der Waals surface area contributed by atoms with E-state index < -0.39 is 0 Å². The van der Waals surface area contributed by atoms with Crippen LogP contribution in [0.4, 0.5) is 0 Å². The molecule has 1 aromatic heterocycles. The zero-order valence-electron chi connectivity index (χ0n) is 17.3. The van der Waals surface area contributed by atoms with Crippen molar-refractivity contribution in [1.82, 2.24) is 14.4 Å². The van der Waals surface area contributed by atoms with Crippen LogP contribution in [0.5, 0.6) is 0 Å². The van der Waals surface area contributed by atoms with Crippen molar-refractivity contribution in [2.45, 2.75) is 58.5 Å². The van der Waals surface area contributed by atoms with E-state index >= 15 is 0 Å². The average molecular weight is 378 g/mol. The number of rotatable bonds is 10. The van der Waals surface area contributed by atoms with Gasteiger partial charge in [-0.25, -0.2) is 0 Å². The monoisotopic (exact) mass is 377 g/mol. The average Bonchev–Trinajstić information content (AvgIpc) is 3.34. The van der Waals surface area contributed by atoms with Crippen LogP contribution in [-0.2, 0) is 27.9 Å². The number of nitrogens with zero attached hydrogens (tertiary/aromatic N) is 3. The Labute approximate surface area is 163 Å². The molecule has 1 saturated carbocycles. The SMILES string of the molecule is CC[C@H](C)N(CC(=O)N(CCOC)Cc1cccn1C)C(=O)C1CCCC1. The zero-order valence-corrected chi connectivity index (χ0v) is 17.3. The third kappa shape index (κ3) is 5.83. The van der Waals surface area contributed by atoms with Crippen molar-refractivity contribution in [3.8, 4) is 0 Å². The Morgan fingerprint density at radius 2 is 2.04 bits per heavy atom. The van der Waals surface area contributed by atoms with Crippen molar-refractivity contribution in [1.29, 1.82) is 0 Å². The van der Waals surface area contributed by atoms with Crippen LogP contribution >= 0.6 is 0 Å². The molecule has 0 saturated heterocycles. The number of methoxy groups -OCH3 is 1. The first-order valence-electron chi connectivity index (χ1n) is 10.1. The van der Waals surface area contributed by atoms with E-state index in [-0.39, 0.29) is 30.3 Å². The third-order valence-electron chi connectivity index (χ3n) is 5.74. The molecule has 1 atom stereocenters. The summed E-state index contributed by atoms with van der Waals surface area (Å²) in [6.45, 7) is 5.78. The van der Waals surface area contributed by atoms with Crippen molar-refractivity contribution in [2.75, 3.05) is 26.8 Å². The highest BCUT2D eigenvalue weighted by molar-refractivity contribution is 5.86. The molecule has 6 heteroatoms. The summed E-state index contributed by atoms with van der Waals surface area (Å²) in [5.74, 6) is 0.229. The lowest BCUT2D eigenvalue weighted by atomic mass is 10.0. The zero-order chi connectivity index (χ0) is 19.8. The highest BCUT2D eigenvalue weighted by Gasteiger charge is 2.31. The van der Waals surface area contributed by atoms with E-state index in [4.69, 9.17) is 4.74 Å². The van der Waals surface area contributed by atoms with Crippen molar-refractivity contribution in [3.63, 3.8) is 0 Å². The minimum absolute atomic E-state index is 0.0140. The maximum atomic E-state index is 13.1. The molecule has 0 spiro atoms. The van der Waals surface area contributed by atoms with E-state index in [1.807, 2.05) is 41.8 Å². The first-order valence-corrected chi connectivity index (χ1v) is 10.1. The Morgan fingerprint density at radius 3 is 2.59 bits per heavy atom. The number of ether oxygens (including phenoxy) is 1. The molecule has 6 nitrogen and oxygen atoms in total. The largest absolute Gasteiger partial charge is 0.383 e. The molecule has 1 fully saturated rings. The molecule has 2 rings (SSSR count). The molecular weight excluding hydrogens is 342 g/mol. The molecule has 0 bridgehead atoms. The maximum Gasteiger partial charge on any atom is 0.242 e. The Morgan fingerprint density at radius 1 is 1.33 bits per heavy atom. The summed E-state index contributed by atoms with van der Waals surface area (Å²) in [5.41, 5.74) is 1.07. The Kier molecular flexibility index (Phi) is 8.35. The molecule has 0 N–H and O–H groups in total. The predicted molar refractivity (Wildman–Crippen MR) is 106 cm³/mol. The quantitative estimate of drug-likeness (QED) is 0.630. The summed E-state index contributed by atoms with van der Waals surface area (Å²) in [4.78, 5) is 29.7. The molecule has 0 aliphatic heterocycles. The lowest BCUT2D eigenvalue weighted by Crippen LogP contribution is -2.48. The van der Waals surface area contributed by atoms with Gasteiger partial charge in [-0.1, -0.05) is 19.8 Å². The number of amides is 2. The van der Waals surface area contributed by atoms with Crippen LogP contribution in [0.1, 0.15) is 51.6 Å². The fourth-order valence-corrected chi connectivity index (χ4v) is 3.67. The van der Waals surface area contributed by atoms with Gasteiger partial charge in [-0.2, -0.15) is 0 Å². The van der Waals surface area contributed by atoms with Crippen LogP contribution in [0.25, 0.3) is 0 Å². The lowest BCUT2D eigenvalue weighted by Gasteiger charge is -2.33. The molecule has 27 heavy (non-hydrogen) atoms. The second-order valence-corrected chi connectivity index (χ2v) is 7.62. The first kappa shape index (κ1) is 21.5. The van der Waals surface area contributed by atoms with Crippen LogP contribution in [0.3, 0.4) is 0 Å². The number of carbonyl (C=O) groups is 2. The fraction of sp³-hybridized carbons (Fsp3) is 0.714. The highest BCUT2D eigenvalue weighted by atomic mass is 16.5. The first-order chi connectivity index (χ1) is 13.0. The number of carbonyl (C=O) groups excluding carboxylic acids is 2. The molecule has 1 aliphatic carbocycles. The summed E-state index contributed by atoms with van der Waals surface area (Å²) in [7, 11) is 3.61. The summed E-state index contributed by atoms with van der Waals surface area (Å²) in [6, 6.07) is 4.06. The molecule has 1 aliphatic rings. The van der Waals surface area contributed by atoms with E-state index in [0.29, 0.717) is 19.7 Å². The van der Waals surface area contributed by atoms with Gasteiger partial charge < -0.3 is 19.1 Å². The van der Waals surface area contributed by atoms with E-state index in [1.165, 1.54) is 0 Å². The van der Waals surface area contributed by atoms with Crippen molar-refractivity contribution >= 4 is 11.8 Å². The number of aromatic nitrogens is 1. The second kappa shape index (κ2) is 10.5. The number of hydrogen-bond acceptors (Lipinski definition) is 3. The molecule has 0 unspecified atom stereocenters. The molecule has 152 valence electrons. The second-order valence-electron chi connectivity index (χ2n) is 7.62.